The molecule has 0 saturated carbocycles. The third kappa shape index (κ3) is 5.74. The summed E-state index contributed by atoms with van der Waals surface area (Å²) in [6.07, 6.45) is 3.00. The molecular weight excluding hydrogens is 384 g/mol. The Bertz CT molecular complexity index is 941. The van der Waals surface area contributed by atoms with E-state index in [1.165, 1.54) is 4.88 Å². The summed E-state index contributed by atoms with van der Waals surface area (Å²) >= 11 is 1.66. The van der Waals surface area contributed by atoms with Crippen LogP contribution in [0.3, 0.4) is 0 Å². The molecule has 2 aromatic heterocycles. The first kappa shape index (κ1) is 21.2. The van der Waals surface area contributed by atoms with E-state index in [1.807, 2.05) is 32.0 Å². The molecule has 2 N–H and O–H groups in total. The van der Waals surface area contributed by atoms with E-state index in [9.17, 15) is 4.79 Å². The van der Waals surface area contributed by atoms with Crippen LogP contribution in [0.1, 0.15) is 31.6 Å². The van der Waals surface area contributed by atoms with Crippen LogP contribution in [0.15, 0.2) is 36.7 Å². The molecule has 0 radical (unpaired) electrons. The molecule has 3 rings (SSSR count). The molecule has 2 heterocycles. The summed E-state index contributed by atoms with van der Waals surface area (Å²) in [5.74, 6) is 0.800. The van der Waals surface area contributed by atoms with E-state index in [2.05, 4.69) is 39.7 Å². The largest absolute Gasteiger partial charge is 0.379 e. The van der Waals surface area contributed by atoms with E-state index in [1.54, 1.807) is 17.7 Å². The van der Waals surface area contributed by atoms with Crippen LogP contribution < -0.4 is 10.6 Å². The fraction of sp³-hybridized carbons (Fsp3) is 0.409. The zero-order chi connectivity index (χ0) is 20.6. The summed E-state index contributed by atoms with van der Waals surface area (Å²) < 4.78 is 5.48. The number of amides is 1. The van der Waals surface area contributed by atoms with Gasteiger partial charge in [0.2, 0.25) is 5.91 Å². The third-order valence-electron chi connectivity index (χ3n) is 4.47. The highest BCUT2D eigenvalue weighted by Gasteiger charge is 2.16. The zero-order valence-electron chi connectivity index (χ0n) is 17.2. The number of carbonyl (C=O) groups excluding carboxylic acids is 1. The average Bonchev–Trinajstić information content (AvgIpc) is 3.04. The molecule has 0 aliphatic heterocycles. The molecule has 29 heavy (non-hydrogen) atoms. The van der Waals surface area contributed by atoms with Gasteiger partial charge in [-0.1, -0.05) is 30.3 Å². The average molecular weight is 413 g/mol. The van der Waals surface area contributed by atoms with Gasteiger partial charge in [0.1, 0.15) is 17.0 Å². The highest BCUT2D eigenvalue weighted by atomic mass is 32.1. The van der Waals surface area contributed by atoms with Gasteiger partial charge >= 0.3 is 0 Å². The number of hydrogen-bond donors (Lipinski definition) is 2. The molecule has 3 aromatic rings. The molecule has 0 saturated heterocycles. The Morgan fingerprint density at radius 1 is 1.17 bits per heavy atom. The van der Waals surface area contributed by atoms with Crippen LogP contribution in [0.25, 0.3) is 21.3 Å². The quantitative estimate of drug-likeness (QED) is 0.483. The van der Waals surface area contributed by atoms with Gasteiger partial charge in [0.15, 0.2) is 0 Å². The highest BCUT2D eigenvalue weighted by Crippen LogP contribution is 2.40. The molecule has 0 atom stereocenters. The molecule has 1 aromatic carbocycles. The molecule has 6 nitrogen and oxygen atoms in total. The molecule has 7 heteroatoms. The Hall–Kier alpha value is -2.51. The monoisotopic (exact) mass is 412 g/mol. The number of aryl methyl sites for hydroxylation is 1. The molecule has 0 unspecified atom stereocenters. The summed E-state index contributed by atoms with van der Waals surface area (Å²) in [5, 5.41) is 7.28. The number of benzene rings is 1. The van der Waals surface area contributed by atoms with Gasteiger partial charge in [-0.3, -0.25) is 4.79 Å². The summed E-state index contributed by atoms with van der Waals surface area (Å²) in [4.78, 5) is 23.1. The first-order valence-electron chi connectivity index (χ1n) is 9.98. The number of thiophene rings is 1. The Morgan fingerprint density at radius 3 is 2.72 bits per heavy atom. The Kier molecular flexibility index (Phi) is 7.55. The van der Waals surface area contributed by atoms with Gasteiger partial charge in [0.05, 0.1) is 11.5 Å². The number of aromatic nitrogens is 2. The number of nitrogens with one attached hydrogen (secondary N) is 2. The van der Waals surface area contributed by atoms with E-state index in [4.69, 9.17) is 4.74 Å². The van der Waals surface area contributed by atoms with Crippen molar-refractivity contribution in [2.45, 2.75) is 39.7 Å². The lowest BCUT2D eigenvalue weighted by atomic mass is 10.0. The molecule has 0 bridgehead atoms. The first-order chi connectivity index (χ1) is 14.1. The van der Waals surface area contributed by atoms with Crippen molar-refractivity contribution in [2.75, 3.05) is 25.0 Å². The first-order valence-corrected chi connectivity index (χ1v) is 10.8. The normalized spacial score (nSPS) is 11.2. The summed E-state index contributed by atoms with van der Waals surface area (Å²) in [6.45, 7) is 7.93. The second-order valence-corrected chi connectivity index (χ2v) is 8.30. The molecule has 154 valence electrons. The lowest BCUT2D eigenvalue weighted by Crippen LogP contribution is -2.27. The predicted octanol–water partition coefficient (Wildman–Crippen LogP) is 4.40. The van der Waals surface area contributed by atoms with E-state index in [-0.39, 0.29) is 12.0 Å². The standard InChI is InChI=1S/C22H28N4O2S/c1-15(2)28-13-7-11-23-18(27)10-12-24-21-20-19(17-8-5-4-6-9-17)16(3)29-22(20)26-14-25-21/h4-6,8-9,14-15H,7,10-13H2,1-3H3,(H,23,27)(H,24,25,26). The number of ether oxygens (including phenoxy) is 1. The SMILES string of the molecule is Cc1sc2ncnc(NCCC(=O)NCCCOC(C)C)c2c1-c1ccccc1. The maximum absolute atomic E-state index is 12.1. The maximum Gasteiger partial charge on any atom is 0.221 e. The Balaban J connectivity index is 1.60. The fourth-order valence-corrected chi connectivity index (χ4v) is 4.15. The van der Waals surface area contributed by atoms with Crippen LogP contribution in [0.5, 0.6) is 0 Å². The van der Waals surface area contributed by atoms with Gasteiger partial charge in [-0.25, -0.2) is 9.97 Å². The number of carbonyl (C=O) groups is 1. The van der Waals surface area contributed by atoms with Crippen molar-refractivity contribution in [3.8, 4) is 11.1 Å². The van der Waals surface area contributed by atoms with Crippen LogP contribution in [0, 0.1) is 6.92 Å². The highest BCUT2D eigenvalue weighted by molar-refractivity contribution is 7.19. The molecular formula is C22H28N4O2S. The van der Waals surface area contributed by atoms with Gasteiger partial charge in [-0.15, -0.1) is 11.3 Å². The van der Waals surface area contributed by atoms with Gasteiger partial charge in [0.25, 0.3) is 0 Å². The minimum absolute atomic E-state index is 0.0251. The molecule has 1 amide bonds. The predicted molar refractivity (Wildman–Crippen MR) is 119 cm³/mol. The smallest absolute Gasteiger partial charge is 0.221 e. The minimum Gasteiger partial charge on any atom is -0.379 e. The van der Waals surface area contributed by atoms with Crippen molar-refractivity contribution in [3.63, 3.8) is 0 Å². The third-order valence-corrected chi connectivity index (χ3v) is 5.48. The fourth-order valence-electron chi connectivity index (χ4n) is 3.13. The summed E-state index contributed by atoms with van der Waals surface area (Å²) in [6, 6.07) is 10.3. The van der Waals surface area contributed by atoms with Crippen molar-refractivity contribution in [1.82, 2.24) is 15.3 Å². The van der Waals surface area contributed by atoms with Crippen molar-refractivity contribution in [2.24, 2.45) is 0 Å². The van der Waals surface area contributed by atoms with Crippen molar-refractivity contribution < 1.29 is 9.53 Å². The van der Waals surface area contributed by atoms with Crippen molar-refractivity contribution in [1.29, 1.82) is 0 Å². The van der Waals surface area contributed by atoms with Gasteiger partial charge in [-0.2, -0.15) is 0 Å². The number of anilines is 1. The number of rotatable bonds is 10. The lowest BCUT2D eigenvalue weighted by Gasteiger charge is -2.10. The molecule has 0 fully saturated rings. The van der Waals surface area contributed by atoms with E-state index in [0.29, 0.717) is 26.1 Å². The summed E-state index contributed by atoms with van der Waals surface area (Å²) in [5.41, 5.74) is 2.30. The number of nitrogens with zero attached hydrogens (tertiary/aromatic N) is 2. The van der Waals surface area contributed by atoms with E-state index in [0.717, 1.165) is 33.6 Å². The zero-order valence-corrected chi connectivity index (χ0v) is 18.0. The number of hydrogen-bond acceptors (Lipinski definition) is 6. The second-order valence-electron chi connectivity index (χ2n) is 7.10. The second kappa shape index (κ2) is 10.3. The van der Waals surface area contributed by atoms with E-state index < -0.39 is 0 Å². The van der Waals surface area contributed by atoms with Gasteiger partial charge < -0.3 is 15.4 Å². The van der Waals surface area contributed by atoms with Crippen LogP contribution in [0.4, 0.5) is 5.82 Å². The Labute approximate surface area is 175 Å². The van der Waals surface area contributed by atoms with Crippen molar-refractivity contribution in [3.05, 3.63) is 41.5 Å². The van der Waals surface area contributed by atoms with Crippen molar-refractivity contribution >= 4 is 33.3 Å². The maximum atomic E-state index is 12.1. The van der Waals surface area contributed by atoms with Gasteiger partial charge in [-0.05, 0) is 32.8 Å². The van der Waals surface area contributed by atoms with Crippen LogP contribution in [-0.4, -0.2) is 41.7 Å². The van der Waals surface area contributed by atoms with Crippen LogP contribution in [0.2, 0.25) is 0 Å². The molecule has 0 spiro atoms. The number of fused-ring (bicyclic) bond motifs is 1. The van der Waals surface area contributed by atoms with Gasteiger partial charge in [0, 0.05) is 36.6 Å². The topological polar surface area (TPSA) is 76.1 Å². The van der Waals surface area contributed by atoms with E-state index >= 15 is 0 Å². The summed E-state index contributed by atoms with van der Waals surface area (Å²) in [7, 11) is 0. The Morgan fingerprint density at radius 2 is 1.97 bits per heavy atom. The van der Waals surface area contributed by atoms with Crippen LogP contribution in [-0.2, 0) is 9.53 Å². The molecule has 0 aliphatic rings. The lowest BCUT2D eigenvalue weighted by molar-refractivity contribution is -0.120. The van der Waals surface area contributed by atoms with Crippen LogP contribution >= 0.6 is 11.3 Å². The minimum atomic E-state index is 0.0251. The molecule has 0 aliphatic carbocycles.